The second kappa shape index (κ2) is 10.9. The van der Waals surface area contributed by atoms with E-state index >= 15 is 0 Å². The van der Waals surface area contributed by atoms with Crippen LogP contribution >= 0.6 is 0 Å². The van der Waals surface area contributed by atoms with E-state index in [2.05, 4.69) is 11.7 Å². The van der Waals surface area contributed by atoms with Gasteiger partial charge in [0.2, 0.25) is 5.75 Å². The average molecular weight is 443 g/mol. The Morgan fingerprint density at radius 1 is 1.31 bits per heavy atom. The van der Waals surface area contributed by atoms with Crippen LogP contribution in [0.5, 0.6) is 5.75 Å². The first-order chi connectivity index (χ1) is 15.4. The molecule has 1 aromatic heterocycles. The quantitative estimate of drug-likeness (QED) is 0.195. The van der Waals surface area contributed by atoms with Gasteiger partial charge in [0.05, 0.1) is 6.61 Å². The number of unbranched alkanes of at least 4 members (excludes halogenated alkanes) is 1. The highest BCUT2D eigenvalue weighted by Gasteiger charge is 2.26. The monoisotopic (exact) mass is 442 g/mol. The minimum atomic E-state index is -0.320. The van der Waals surface area contributed by atoms with E-state index in [4.69, 9.17) is 20.3 Å². The molecule has 8 heteroatoms. The lowest BCUT2D eigenvalue weighted by molar-refractivity contribution is 0.278. The highest BCUT2D eigenvalue weighted by atomic mass is 19.1. The van der Waals surface area contributed by atoms with Gasteiger partial charge in [0.15, 0.2) is 11.5 Å². The van der Waals surface area contributed by atoms with Crippen LogP contribution in [-0.4, -0.2) is 22.0 Å². The summed E-state index contributed by atoms with van der Waals surface area (Å²) >= 11 is 0. The van der Waals surface area contributed by atoms with E-state index in [0.717, 1.165) is 44.1 Å². The van der Waals surface area contributed by atoms with Crippen molar-refractivity contribution in [3.63, 3.8) is 0 Å². The molecule has 0 bridgehead atoms. The van der Waals surface area contributed by atoms with E-state index in [1.165, 1.54) is 12.1 Å². The van der Waals surface area contributed by atoms with Crippen molar-refractivity contribution in [1.82, 2.24) is 9.55 Å². The van der Waals surface area contributed by atoms with E-state index in [9.17, 15) is 9.18 Å². The lowest BCUT2D eigenvalue weighted by atomic mass is 10.1. The van der Waals surface area contributed by atoms with Gasteiger partial charge in [-0.25, -0.2) is 9.37 Å². The van der Waals surface area contributed by atoms with Gasteiger partial charge in [0.1, 0.15) is 17.5 Å². The standard InChI is InChI=1S/C24H31FN4O3/c1-4-5-14-31-22-21(27-23(29(3)24(22)30)18-8-6-7-9-18)16(2)32-28-20(26)15-17-10-12-19(25)13-11-17/h10-13,18H,2,4-9,14-15H2,1,3H3,(H2,26,28). The van der Waals surface area contributed by atoms with Gasteiger partial charge in [0.25, 0.3) is 5.56 Å². The number of nitrogens with two attached hydrogens (primary N) is 1. The summed E-state index contributed by atoms with van der Waals surface area (Å²) in [6.07, 6.45) is 6.25. The van der Waals surface area contributed by atoms with Crippen molar-refractivity contribution in [3.05, 3.63) is 64.1 Å². The molecule has 3 rings (SSSR count). The van der Waals surface area contributed by atoms with Crippen LogP contribution in [0.15, 0.2) is 40.8 Å². The van der Waals surface area contributed by atoms with Crippen LogP contribution in [0.1, 0.15) is 68.4 Å². The molecule has 1 heterocycles. The van der Waals surface area contributed by atoms with E-state index < -0.39 is 0 Å². The van der Waals surface area contributed by atoms with E-state index in [-0.39, 0.29) is 46.8 Å². The largest absolute Gasteiger partial charge is 0.486 e. The molecule has 1 aromatic carbocycles. The van der Waals surface area contributed by atoms with Crippen LogP contribution in [0.25, 0.3) is 5.76 Å². The maximum absolute atomic E-state index is 13.1. The Morgan fingerprint density at radius 2 is 2.00 bits per heavy atom. The molecule has 0 unspecified atom stereocenters. The molecule has 0 amide bonds. The number of halogens is 1. The number of hydrogen-bond acceptors (Lipinski definition) is 5. The molecule has 0 aliphatic heterocycles. The van der Waals surface area contributed by atoms with Gasteiger partial charge in [-0.05, 0) is 37.0 Å². The zero-order valence-electron chi connectivity index (χ0n) is 18.8. The highest BCUT2D eigenvalue weighted by molar-refractivity contribution is 5.82. The SMILES string of the molecule is C=C(O/N=C(\N)Cc1ccc(F)cc1)c1nc(C2CCCC2)n(C)c(=O)c1OCCCC. The first kappa shape index (κ1) is 23.5. The van der Waals surface area contributed by atoms with Crippen LogP contribution in [0, 0.1) is 5.82 Å². The predicted molar refractivity (Wildman–Crippen MR) is 123 cm³/mol. The van der Waals surface area contributed by atoms with Gasteiger partial charge in [-0.15, -0.1) is 0 Å². The Morgan fingerprint density at radius 3 is 2.66 bits per heavy atom. The topological polar surface area (TPSA) is 91.7 Å². The number of amidine groups is 1. The Balaban J connectivity index is 1.84. The molecule has 1 aliphatic carbocycles. The molecule has 0 saturated heterocycles. The highest BCUT2D eigenvalue weighted by Crippen LogP contribution is 2.34. The molecular formula is C24H31FN4O3. The zero-order chi connectivity index (χ0) is 23.1. The Labute approximate surface area is 187 Å². The molecule has 2 aromatic rings. The molecule has 1 fully saturated rings. The van der Waals surface area contributed by atoms with Crippen molar-refractivity contribution in [2.75, 3.05) is 6.61 Å². The summed E-state index contributed by atoms with van der Waals surface area (Å²) in [6.45, 7) is 6.36. The fourth-order valence-electron chi connectivity index (χ4n) is 3.79. The fourth-order valence-corrected chi connectivity index (χ4v) is 3.79. The normalized spacial score (nSPS) is 14.5. The minimum Gasteiger partial charge on any atom is -0.486 e. The summed E-state index contributed by atoms with van der Waals surface area (Å²) in [6, 6.07) is 5.97. The lowest BCUT2D eigenvalue weighted by Crippen LogP contribution is -2.27. The van der Waals surface area contributed by atoms with Crippen molar-refractivity contribution < 1.29 is 14.0 Å². The Bertz CT molecular complexity index is 1020. The molecule has 1 saturated carbocycles. The first-order valence-corrected chi connectivity index (χ1v) is 11.1. The van der Waals surface area contributed by atoms with Crippen LogP contribution < -0.4 is 16.0 Å². The first-order valence-electron chi connectivity index (χ1n) is 11.1. The zero-order valence-corrected chi connectivity index (χ0v) is 18.8. The van der Waals surface area contributed by atoms with Crippen molar-refractivity contribution in [2.45, 2.75) is 57.8 Å². The molecule has 0 atom stereocenters. The lowest BCUT2D eigenvalue weighted by Gasteiger charge is -2.18. The van der Waals surface area contributed by atoms with E-state index in [1.54, 1.807) is 23.7 Å². The summed E-state index contributed by atoms with van der Waals surface area (Å²) in [5.74, 6) is 0.996. The number of ether oxygens (including phenoxy) is 1. The fraction of sp³-hybridized carbons (Fsp3) is 0.458. The number of nitrogens with zero attached hydrogens (tertiary/aromatic N) is 3. The third kappa shape index (κ3) is 5.75. The van der Waals surface area contributed by atoms with Gasteiger partial charge >= 0.3 is 0 Å². The number of benzene rings is 1. The van der Waals surface area contributed by atoms with Crippen LogP contribution in [-0.2, 0) is 18.3 Å². The Hall–Kier alpha value is -3.16. The van der Waals surface area contributed by atoms with Gasteiger partial charge in [0, 0.05) is 19.4 Å². The van der Waals surface area contributed by atoms with Crippen molar-refractivity contribution in [3.8, 4) is 5.75 Å². The minimum absolute atomic E-state index is 0.0931. The van der Waals surface area contributed by atoms with Crippen LogP contribution in [0.2, 0.25) is 0 Å². The summed E-state index contributed by atoms with van der Waals surface area (Å²) in [4.78, 5) is 23.3. The third-order valence-electron chi connectivity index (χ3n) is 5.58. The second-order valence-electron chi connectivity index (χ2n) is 8.10. The molecule has 7 nitrogen and oxygen atoms in total. The molecular weight excluding hydrogens is 411 g/mol. The molecule has 1 aliphatic rings. The molecule has 0 spiro atoms. The molecule has 32 heavy (non-hydrogen) atoms. The Kier molecular flexibility index (Phi) is 8.03. The second-order valence-corrected chi connectivity index (χ2v) is 8.10. The number of oxime groups is 1. The summed E-state index contributed by atoms with van der Waals surface area (Å²) in [7, 11) is 1.72. The summed E-state index contributed by atoms with van der Waals surface area (Å²) in [5, 5.41) is 3.93. The smallest absolute Gasteiger partial charge is 0.296 e. The number of aromatic nitrogens is 2. The van der Waals surface area contributed by atoms with Crippen LogP contribution in [0.4, 0.5) is 4.39 Å². The van der Waals surface area contributed by atoms with Crippen molar-refractivity contribution >= 4 is 11.6 Å². The van der Waals surface area contributed by atoms with Gasteiger partial charge in [-0.2, -0.15) is 0 Å². The maximum Gasteiger partial charge on any atom is 0.296 e. The number of hydrogen-bond donors (Lipinski definition) is 1. The van der Waals surface area contributed by atoms with Crippen molar-refractivity contribution in [2.24, 2.45) is 17.9 Å². The molecule has 2 N–H and O–H groups in total. The molecule has 0 radical (unpaired) electrons. The van der Waals surface area contributed by atoms with E-state index in [0.29, 0.717) is 12.4 Å². The third-order valence-corrected chi connectivity index (χ3v) is 5.58. The average Bonchev–Trinajstić information content (AvgIpc) is 3.31. The predicted octanol–water partition coefficient (Wildman–Crippen LogP) is 4.26. The number of rotatable bonds is 10. The van der Waals surface area contributed by atoms with Gasteiger partial charge < -0.3 is 15.3 Å². The summed E-state index contributed by atoms with van der Waals surface area (Å²) in [5.41, 5.74) is 6.75. The van der Waals surface area contributed by atoms with Crippen molar-refractivity contribution in [1.29, 1.82) is 0 Å². The van der Waals surface area contributed by atoms with Gasteiger partial charge in [-0.1, -0.05) is 50.1 Å². The van der Waals surface area contributed by atoms with Crippen LogP contribution in [0.3, 0.4) is 0 Å². The van der Waals surface area contributed by atoms with E-state index in [1.807, 2.05) is 6.92 Å². The van der Waals surface area contributed by atoms with Gasteiger partial charge in [-0.3, -0.25) is 9.36 Å². The maximum atomic E-state index is 13.1. The molecule has 172 valence electrons. The summed E-state index contributed by atoms with van der Waals surface area (Å²) < 4.78 is 20.4.